The third kappa shape index (κ3) is 3.46. The fraction of sp³-hybridized carbons (Fsp3) is 0.273. The molecule has 0 atom stereocenters. The van der Waals surface area contributed by atoms with Crippen molar-refractivity contribution in [2.75, 3.05) is 38.1 Å². The van der Waals surface area contributed by atoms with E-state index in [1.165, 1.54) is 6.07 Å². The van der Waals surface area contributed by atoms with Crippen molar-refractivity contribution in [2.24, 2.45) is 0 Å². The number of nitrogens with one attached hydrogen (secondary N) is 1. The second-order valence-electron chi connectivity index (χ2n) is 7.69. The van der Waals surface area contributed by atoms with Crippen LogP contribution < -0.4 is 10.3 Å². The number of aromatic amines is 1. The third-order valence-corrected chi connectivity index (χ3v) is 5.43. The van der Waals surface area contributed by atoms with E-state index in [0.29, 0.717) is 22.6 Å². The Kier molecular flexibility index (Phi) is 4.55. The predicted octanol–water partition coefficient (Wildman–Crippen LogP) is 2.70. The molecule has 4 aromatic rings. The summed E-state index contributed by atoms with van der Waals surface area (Å²) in [7, 11) is 2.13. The van der Waals surface area contributed by atoms with Crippen LogP contribution in [0.3, 0.4) is 0 Å². The van der Waals surface area contributed by atoms with Gasteiger partial charge in [0.1, 0.15) is 17.2 Å². The number of benzene rings is 1. The van der Waals surface area contributed by atoms with Gasteiger partial charge in [0.05, 0.1) is 0 Å². The Morgan fingerprint density at radius 3 is 2.70 bits per heavy atom. The van der Waals surface area contributed by atoms with Gasteiger partial charge in [-0.25, -0.2) is 4.98 Å². The highest BCUT2D eigenvalue weighted by Crippen LogP contribution is 2.23. The van der Waals surface area contributed by atoms with Crippen LogP contribution in [0.15, 0.2) is 51.8 Å². The molecule has 4 heterocycles. The largest absolute Gasteiger partial charge is 0.354 e. The normalized spacial score (nSPS) is 15.1. The molecular formula is C22H22N6O2. The van der Waals surface area contributed by atoms with Gasteiger partial charge in [0, 0.05) is 43.1 Å². The van der Waals surface area contributed by atoms with Crippen molar-refractivity contribution in [3.05, 3.63) is 58.3 Å². The molecule has 0 unspecified atom stereocenters. The predicted molar refractivity (Wildman–Crippen MR) is 116 cm³/mol. The van der Waals surface area contributed by atoms with Crippen molar-refractivity contribution in [2.45, 2.75) is 6.92 Å². The maximum atomic E-state index is 12.5. The highest BCUT2D eigenvalue weighted by molar-refractivity contribution is 5.81. The van der Waals surface area contributed by atoms with E-state index in [2.05, 4.69) is 32.0 Å². The van der Waals surface area contributed by atoms with Crippen molar-refractivity contribution >= 4 is 16.7 Å². The van der Waals surface area contributed by atoms with E-state index in [0.717, 1.165) is 43.1 Å². The third-order valence-electron chi connectivity index (χ3n) is 5.43. The topological polar surface area (TPSA) is 91.2 Å². The first-order valence-corrected chi connectivity index (χ1v) is 9.95. The standard InChI is InChI=1S/C22H22N6O2/c1-14-6-7-16-15(12-14)19(29)13-18(23-16)22-25-21(26-30-22)17-4-3-5-20(24-17)28-10-8-27(2)9-11-28/h3-7,12-13H,8-11H2,1-2H3,(H,23,29). The number of pyridine rings is 2. The maximum Gasteiger partial charge on any atom is 0.274 e. The molecule has 8 heteroatoms. The van der Waals surface area contributed by atoms with Gasteiger partial charge in [-0.1, -0.05) is 22.9 Å². The number of nitrogens with zero attached hydrogens (tertiary/aromatic N) is 5. The van der Waals surface area contributed by atoms with Crippen LogP contribution in [-0.4, -0.2) is 58.2 Å². The zero-order valence-electron chi connectivity index (χ0n) is 16.9. The molecule has 1 aromatic carbocycles. The van der Waals surface area contributed by atoms with Gasteiger partial charge in [0.2, 0.25) is 5.82 Å². The Bertz CT molecular complexity index is 1270. The summed E-state index contributed by atoms with van der Waals surface area (Å²) in [5.74, 6) is 1.56. The average Bonchev–Trinajstić information content (AvgIpc) is 3.25. The Morgan fingerprint density at radius 1 is 1.03 bits per heavy atom. The Labute approximate surface area is 173 Å². The fourth-order valence-electron chi connectivity index (χ4n) is 3.67. The Balaban J connectivity index is 1.46. The number of fused-ring (bicyclic) bond motifs is 1. The molecule has 1 saturated heterocycles. The van der Waals surface area contributed by atoms with E-state index in [-0.39, 0.29) is 11.3 Å². The van der Waals surface area contributed by atoms with E-state index < -0.39 is 0 Å². The highest BCUT2D eigenvalue weighted by atomic mass is 16.5. The number of aromatic nitrogens is 4. The smallest absolute Gasteiger partial charge is 0.274 e. The van der Waals surface area contributed by atoms with Crippen molar-refractivity contribution in [1.82, 2.24) is 25.0 Å². The van der Waals surface area contributed by atoms with E-state index in [4.69, 9.17) is 9.51 Å². The molecule has 0 bridgehead atoms. The van der Waals surface area contributed by atoms with Crippen LogP contribution in [0.1, 0.15) is 5.56 Å². The number of hydrogen-bond acceptors (Lipinski definition) is 7. The molecule has 152 valence electrons. The lowest BCUT2D eigenvalue weighted by Gasteiger charge is -2.33. The summed E-state index contributed by atoms with van der Waals surface area (Å²) in [5.41, 5.74) is 2.81. The molecule has 30 heavy (non-hydrogen) atoms. The van der Waals surface area contributed by atoms with E-state index >= 15 is 0 Å². The van der Waals surface area contributed by atoms with Crippen molar-refractivity contribution in [3.63, 3.8) is 0 Å². The first-order valence-electron chi connectivity index (χ1n) is 9.95. The average molecular weight is 402 g/mol. The lowest BCUT2D eigenvalue weighted by atomic mass is 10.1. The molecule has 1 N–H and O–H groups in total. The van der Waals surface area contributed by atoms with Gasteiger partial charge in [-0.3, -0.25) is 4.79 Å². The van der Waals surface area contributed by atoms with Gasteiger partial charge in [-0.15, -0.1) is 0 Å². The summed E-state index contributed by atoms with van der Waals surface area (Å²) in [6.45, 7) is 5.84. The van der Waals surface area contributed by atoms with Gasteiger partial charge < -0.3 is 19.3 Å². The summed E-state index contributed by atoms with van der Waals surface area (Å²) in [6, 6.07) is 13.0. The van der Waals surface area contributed by atoms with Crippen molar-refractivity contribution < 1.29 is 4.52 Å². The molecular weight excluding hydrogens is 380 g/mol. The monoisotopic (exact) mass is 402 g/mol. The SMILES string of the molecule is Cc1ccc2[nH]c(-c3nc(-c4cccc(N5CCN(C)CC5)n4)no3)cc(=O)c2c1. The quantitative estimate of drug-likeness (QED) is 0.563. The second-order valence-corrected chi connectivity index (χ2v) is 7.69. The van der Waals surface area contributed by atoms with Crippen molar-refractivity contribution in [1.29, 1.82) is 0 Å². The molecule has 0 spiro atoms. The molecule has 5 rings (SSSR count). The second kappa shape index (κ2) is 7.38. The first kappa shape index (κ1) is 18.5. The zero-order valence-corrected chi connectivity index (χ0v) is 16.9. The van der Waals surface area contributed by atoms with Crippen LogP contribution in [0.2, 0.25) is 0 Å². The van der Waals surface area contributed by atoms with E-state index in [1.54, 1.807) is 0 Å². The number of H-pyrrole nitrogens is 1. The molecule has 1 fully saturated rings. The molecule has 0 radical (unpaired) electrons. The van der Waals surface area contributed by atoms with Crippen molar-refractivity contribution in [3.8, 4) is 23.1 Å². The number of anilines is 1. The van der Waals surface area contributed by atoms with E-state index in [1.807, 2.05) is 43.3 Å². The molecule has 3 aromatic heterocycles. The first-order chi connectivity index (χ1) is 14.6. The minimum absolute atomic E-state index is 0.0858. The number of piperazine rings is 1. The number of rotatable bonds is 3. The molecule has 0 amide bonds. The molecule has 8 nitrogen and oxygen atoms in total. The summed E-state index contributed by atoms with van der Waals surface area (Å²) < 4.78 is 5.44. The molecule has 0 saturated carbocycles. The number of aryl methyl sites for hydroxylation is 1. The summed E-state index contributed by atoms with van der Waals surface area (Å²) >= 11 is 0. The Morgan fingerprint density at radius 2 is 1.87 bits per heavy atom. The van der Waals surface area contributed by atoms with Gasteiger partial charge in [-0.2, -0.15) is 4.98 Å². The van der Waals surface area contributed by atoms with Crippen LogP contribution in [0.4, 0.5) is 5.82 Å². The molecule has 0 aliphatic carbocycles. The molecule has 1 aliphatic rings. The minimum atomic E-state index is -0.0858. The van der Waals surface area contributed by atoms with Gasteiger partial charge >= 0.3 is 0 Å². The summed E-state index contributed by atoms with van der Waals surface area (Å²) in [5, 5.41) is 4.73. The maximum absolute atomic E-state index is 12.5. The summed E-state index contributed by atoms with van der Waals surface area (Å²) in [6.07, 6.45) is 0. The van der Waals surface area contributed by atoms with Gasteiger partial charge in [0.25, 0.3) is 5.89 Å². The summed E-state index contributed by atoms with van der Waals surface area (Å²) in [4.78, 5) is 29.5. The molecule has 1 aliphatic heterocycles. The number of likely N-dealkylation sites (N-methyl/N-ethyl adjacent to an activating group) is 1. The highest BCUT2D eigenvalue weighted by Gasteiger charge is 2.18. The lowest BCUT2D eigenvalue weighted by Crippen LogP contribution is -2.44. The lowest BCUT2D eigenvalue weighted by molar-refractivity contribution is 0.312. The minimum Gasteiger partial charge on any atom is -0.354 e. The van der Waals surface area contributed by atoms with Gasteiger partial charge in [0.15, 0.2) is 5.43 Å². The van der Waals surface area contributed by atoms with E-state index in [9.17, 15) is 4.79 Å². The van der Waals surface area contributed by atoms with Crippen LogP contribution in [0.25, 0.3) is 34.0 Å². The van der Waals surface area contributed by atoms with Gasteiger partial charge in [-0.05, 0) is 38.2 Å². The van der Waals surface area contributed by atoms with Crippen LogP contribution >= 0.6 is 0 Å². The number of hydrogen-bond donors (Lipinski definition) is 1. The van der Waals surface area contributed by atoms with Crippen LogP contribution in [0, 0.1) is 6.92 Å². The van der Waals surface area contributed by atoms with Crippen LogP contribution in [0.5, 0.6) is 0 Å². The van der Waals surface area contributed by atoms with Crippen LogP contribution in [-0.2, 0) is 0 Å². The zero-order chi connectivity index (χ0) is 20.7. The fourth-order valence-corrected chi connectivity index (χ4v) is 3.67. The Hall–Kier alpha value is -3.52.